The molecule has 1 heterocycles. The summed E-state index contributed by atoms with van der Waals surface area (Å²) in [7, 11) is 0. The molecule has 164 valence electrons. The van der Waals surface area contributed by atoms with Crippen molar-refractivity contribution in [1.82, 2.24) is 10.2 Å². The van der Waals surface area contributed by atoms with Gasteiger partial charge in [0.05, 0.1) is 0 Å². The molecule has 3 N–H and O–H groups in total. The molecule has 31 heavy (non-hydrogen) atoms. The fourth-order valence-electron chi connectivity index (χ4n) is 4.12. The first-order valence-corrected chi connectivity index (χ1v) is 11.3. The zero-order chi connectivity index (χ0) is 21.6. The van der Waals surface area contributed by atoms with Crippen LogP contribution in [-0.2, 0) is 11.2 Å². The van der Waals surface area contributed by atoms with Crippen LogP contribution in [0.5, 0.6) is 0 Å². The summed E-state index contributed by atoms with van der Waals surface area (Å²) in [6.45, 7) is 3.55. The average Bonchev–Trinajstić information content (AvgIpc) is 3.60. The van der Waals surface area contributed by atoms with Crippen LogP contribution in [0.1, 0.15) is 38.2 Å². The Morgan fingerprint density at radius 3 is 2.23 bits per heavy atom. The van der Waals surface area contributed by atoms with Gasteiger partial charge in [0.15, 0.2) is 0 Å². The van der Waals surface area contributed by atoms with Gasteiger partial charge in [0.2, 0.25) is 5.91 Å². The summed E-state index contributed by atoms with van der Waals surface area (Å²) in [5.74, 6) is 0.788. The Balaban J connectivity index is 1.21. The molecule has 2 aromatic rings. The van der Waals surface area contributed by atoms with Gasteiger partial charge >= 0.3 is 6.03 Å². The molecule has 1 unspecified atom stereocenters. The lowest BCUT2D eigenvalue weighted by Crippen LogP contribution is -2.45. The number of likely N-dealkylation sites (tertiary alicyclic amines) is 1. The Morgan fingerprint density at radius 2 is 1.58 bits per heavy atom. The standard InChI is InChI=1S/C25H32N4O2/c1-18(26-21-7-9-22(10-8-21)27-25(31)28-23-11-12-23)24(30)29-15-13-20(14-16-29)17-19-5-3-2-4-6-19/h2-10,18,20,23,26H,11-17H2,1H3,(H2,27,28,31). The summed E-state index contributed by atoms with van der Waals surface area (Å²) in [6, 6.07) is 18.0. The molecule has 4 rings (SSSR count). The highest BCUT2D eigenvalue weighted by Crippen LogP contribution is 2.23. The Morgan fingerprint density at radius 1 is 0.935 bits per heavy atom. The van der Waals surface area contributed by atoms with Crippen LogP contribution in [0.2, 0.25) is 0 Å². The third kappa shape index (κ3) is 6.23. The zero-order valence-electron chi connectivity index (χ0n) is 18.1. The fraction of sp³-hybridized carbons (Fsp3) is 0.440. The summed E-state index contributed by atoms with van der Waals surface area (Å²) in [4.78, 5) is 26.7. The van der Waals surface area contributed by atoms with Gasteiger partial charge in [-0.1, -0.05) is 30.3 Å². The largest absolute Gasteiger partial charge is 0.374 e. The van der Waals surface area contributed by atoms with E-state index in [1.54, 1.807) is 0 Å². The molecule has 1 saturated heterocycles. The van der Waals surface area contributed by atoms with Crippen LogP contribution < -0.4 is 16.0 Å². The van der Waals surface area contributed by atoms with Crippen LogP contribution >= 0.6 is 0 Å². The number of rotatable bonds is 7. The molecule has 0 spiro atoms. The number of amides is 3. The number of nitrogens with one attached hydrogen (secondary N) is 3. The lowest BCUT2D eigenvalue weighted by atomic mass is 9.90. The molecule has 2 fully saturated rings. The molecule has 1 saturated carbocycles. The van der Waals surface area contributed by atoms with Crippen molar-refractivity contribution in [1.29, 1.82) is 0 Å². The van der Waals surface area contributed by atoms with E-state index in [4.69, 9.17) is 0 Å². The monoisotopic (exact) mass is 420 g/mol. The quantitative estimate of drug-likeness (QED) is 0.627. The number of hydrogen-bond donors (Lipinski definition) is 3. The van der Waals surface area contributed by atoms with E-state index in [9.17, 15) is 9.59 Å². The first kappa shape index (κ1) is 21.2. The molecule has 1 aliphatic heterocycles. The van der Waals surface area contributed by atoms with E-state index in [0.717, 1.165) is 56.6 Å². The number of carbonyl (C=O) groups is 2. The second kappa shape index (κ2) is 9.86. The van der Waals surface area contributed by atoms with Gasteiger partial charge in [0, 0.05) is 30.5 Å². The van der Waals surface area contributed by atoms with Crippen LogP contribution in [0.3, 0.4) is 0 Å². The number of benzene rings is 2. The van der Waals surface area contributed by atoms with Crippen molar-refractivity contribution in [3.05, 3.63) is 60.2 Å². The van der Waals surface area contributed by atoms with Gasteiger partial charge in [0.25, 0.3) is 0 Å². The third-order valence-corrected chi connectivity index (χ3v) is 6.10. The number of carbonyl (C=O) groups excluding carboxylic acids is 2. The minimum absolute atomic E-state index is 0.143. The van der Waals surface area contributed by atoms with E-state index in [0.29, 0.717) is 12.0 Å². The van der Waals surface area contributed by atoms with E-state index >= 15 is 0 Å². The number of urea groups is 1. The number of piperidine rings is 1. The van der Waals surface area contributed by atoms with Crippen molar-refractivity contribution in [3.63, 3.8) is 0 Å². The molecule has 6 heteroatoms. The van der Waals surface area contributed by atoms with Crippen LogP contribution in [-0.4, -0.2) is 42.0 Å². The summed E-state index contributed by atoms with van der Waals surface area (Å²) in [6.07, 6.45) is 5.32. The van der Waals surface area contributed by atoms with Crippen molar-refractivity contribution in [2.75, 3.05) is 23.7 Å². The van der Waals surface area contributed by atoms with Gasteiger partial charge in [-0.3, -0.25) is 4.79 Å². The van der Waals surface area contributed by atoms with Crippen molar-refractivity contribution in [2.45, 2.75) is 51.1 Å². The maximum Gasteiger partial charge on any atom is 0.319 e. The van der Waals surface area contributed by atoms with Gasteiger partial charge in [-0.25, -0.2) is 4.79 Å². The van der Waals surface area contributed by atoms with E-state index in [1.165, 1.54) is 5.56 Å². The third-order valence-electron chi connectivity index (χ3n) is 6.10. The Hall–Kier alpha value is -3.02. The second-order valence-corrected chi connectivity index (χ2v) is 8.77. The second-order valence-electron chi connectivity index (χ2n) is 8.77. The van der Waals surface area contributed by atoms with E-state index < -0.39 is 0 Å². The number of hydrogen-bond acceptors (Lipinski definition) is 3. The van der Waals surface area contributed by atoms with Gasteiger partial charge in [0.1, 0.15) is 6.04 Å². The van der Waals surface area contributed by atoms with E-state index in [1.807, 2.05) is 36.1 Å². The van der Waals surface area contributed by atoms with Crippen molar-refractivity contribution >= 4 is 23.3 Å². The van der Waals surface area contributed by atoms with Gasteiger partial charge in [-0.05, 0) is 74.8 Å². The number of anilines is 2. The molecule has 0 aromatic heterocycles. The van der Waals surface area contributed by atoms with Crippen molar-refractivity contribution < 1.29 is 9.59 Å². The van der Waals surface area contributed by atoms with E-state index in [-0.39, 0.29) is 18.0 Å². The first-order chi connectivity index (χ1) is 15.1. The maximum atomic E-state index is 12.9. The molecule has 2 aliphatic rings. The average molecular weight is 421 g/mol. The van der Waals surface area contributed by atoms with Gasteiger partial charge in [-0.2, -0.15) is 0 Å². The maximum absolute atomic E-state index is 12.9. The lowest BCUT2D eigenvalue weighted by Gasteiger charge is -2.34. The predicted molar refractivity (Wildman–Crippen MR) is 124 cm³/mol. The minimum atomic E-state index is -0.289. The summed E-state index contributed by atoms with van der Waals surface area (Å²) < 4.78 is 0. The molecule has 6 nitrogen and oxygen atoms in total. The highest BCUT2D eigenvalue weighted by Gasteiger charge is 2.26. The lowest BCUT2D eigenvalue weighted by molar-refractivity contribution is -0.133. The molecule has 1 aliphatic carbocycles. The molecule has 0 bridgehead atoms. The minimum Gasteiger partial charge on any atom is -0.374 e. The smallest absolute Gasteiger partial charge is 0.319 e. The van der Waals surface area contributed by atoms with Crippen LogP contribution in [0.4, 0.5) is 16.2 Å². The van der Waals surface area contributed by atoms with Gasteiger partial charge < -0.3 is 20.9 Å². The molecular formula is C25H32N4O2. The molecule has 0 radical (unpaired) electrons. The zero-order valence-corrected chi connectivity index (χ0v) is 18.1. The molecule has 1 atom stereocenters. The normalized spacial score (nSPS) is 17.6. The summed E-state index contributed by atoms with van der Waals surface area (Å²) in [5.41, 5.74) is 2.99. The van der Waals surface area contributed by atoms with Crippen LogP contribution in [0.15, 0.2) is 54.6 Å². The Labute approximate surface area is 184 Å². The summed E-state index contributed by atoms with van der Waals surface area (Å²) in [5, 5.41) is 9.03. The topological polar surface area (TPSA) is 73.5 Å². The highest BCUT2D eigenvalue weighted by molar-refractivity contribution is 5.90. The van der Waals surface area contributed by atoms with Crippen molar-refractivity contribution in [3.8, 4) is 0 Å². The Kier molecular flexibility index (Phi) is 6.75. The van der Waals surface area contributed by atoms with Crippen molar-refractivity contribution in [2.24, 2.45) is 5.92 Å². The SMILES string of the molecule is CC(Nc1ccc(NC(=O)NC2CC2)cc1)C(=O)N1CCC(Cc2ccccc2)CC1. The fourth-order valence-corrected chi connectivity index (χ4v) is 4.12. The molecular weight excluding hydrogens is 388 g/mol. The Bertz CT molecular complexity index is 872. The van der Waals surface area contributed by atoms with Gasteiger partial charge in [-0.15, -0.1) is 0 Å². The highest BCUT2D eigenvalue weighted by atomic mass is 16.2. The van der Waals surface area contributed by atoms with Crippen LogP contribution in [0, 0.1) is 5.92 Å². The number of nitrogens with zero attached hydrogens (tertiary/aromatic N) is 1. The summed E-state index contributed by atoms with van der Waals surface area (Å²) >= 11 is 0. The molecule has 3 amide bonds. The predicted octanol–water partition coefficient (Wildman–Crippen LogP) is 4.25. The molecule has 2 aromatic carbocycles. The first-order valence-electron chi connectivity index (χ1n) is 11.3. The van der Waals surface area contributed by atoms with Crippen LogP contribution in [0.25, 0.3) is 0 Å². The van der Waals surface area contributed by atoms with E-state index in [2.05, 4.69) is 46.3 Å².